The molecule has 0 atom stereocenters. The number of fused-ring (bicyclic) bond motifs is 2. The van der Waals surface area contributed by atoms with Gasteiger partial charge in [-0.15, -0.1) is 0 Å². The third kappa shape index (κ3) is 3.49. The number of amides is 1. The van der Waals surface area contributed by atoms with Crippen LogP contribution in [0.2, 0.25) is 0 Å². The van der Waals surface area contributed by atoms with E-state index in [0.29, 0.717) is 53.6 Å². The zero-order valence-corrected chi connectivity index (χ0v) is 18.6. The molecule has 1 aromatic carbocycles. The maximum Gasteiger partial charge on any atom is 0.259 e. The Kier molecular flexibility index (Phi) is 4.99. The monoisotopic (exact) mass is 461 g/mol. The molecule has 0 unspecified atom stereocenters. The quantitative estimate of drug-likeness (QED) is 0.475. The summed E-state index contributed by atoms with van der Waals surface area (Å²) in [6.07, 6.45) is 3.12. The Hall–Kier alpha value is -3.85. The molecule has 0 saturated carbocycles. The number of nitrogens with zero attached hydrogens (tertiary/aromatic N) is 2. The second-order valence-electron chi connectivity index (χ2n) is 8.62. The van der Waals surface area contributed by atoms with Crippen LogP contribution in [0.4, 0.5) is 0 Å². The van der Waals surface area contributed by atoms with E-state index in [-0.39, 0.29) is 18.1 Å². The fraction of sp³-hybridized carbons (Fsp3) is 0.320. The normalized spacial score (nSPS) is 16.6. The zero-order chi connectivity index (χ0) is 23.1. The third-order valence-electron chi connectivity index (χ3n) is 6.66. The van der Waals surface area contributed by atoms with Crippen molar-refractivity contribution in [2.45, 2.75) is 25.2 Å². The van der Waals surface area contributed by atoms with Crippen LogP contribution in [0, 0.1) is 6.92 Å². The van der Waals surface area contributed by atoms with Crippen molar-refractivity contribution >= 4 is 17.0 Å². The molecule has 0 radical (unpaired) electrons. The molecule has 174 valence electrons. The summed E-state index contributed by atoms with van der Waals surface area (Å²) in [7, 11) is 0. The Morgan fingerprint density at radius 2 is 1.97 bits per heavy atom. The van der Waals surface area contributed by atoms with Crippen LogP contribution in [0.15, 0.2) is 51.6 Å². The van der Waals surface area contributed by atoms with Gasteiger partial charge in [0.2, 0.25) is 6.79 Å². The molecule has 9 nitrogen and oxygen atoms in total. The number of aryl methyl sites for hydroxylation is 1. The molecule has 34 heavy (non-hydrogen) atoms. The third-order valence-corrected chi connectivity index (χ3v) is 6.66. The second-order valence-corrected chi connectivity index (χ2v) is 8.62. The van der Waals surface area contributed by atoms with Crippen molar-refractivity contribution in [3.8, 4) is 23.0 Å². The van der Waals surface area contributed by atoms with Crippen LogP contribution < -0.4 is 14.8 Å². The number of rotatable bonds is 5. The average Bonchev–Trinajstić information content (AvgIpc) is 3.63. The van der Waals surface area contributed by atoms with E-state index < -0.39 is 0 Å². The van der Waals surface area contributed by atoms with E-state index in [9.17, 15) is 4.79 Å². The number of benzene rings is 1. The number of furan rings is 1. The second kappa shape index (κ2) is 8.18. The first-order valence-corrected chi connectivity index (χ1v) is 11.2. The highest BCUT2D eigenvalue weighted by Crippen LogP contribution is 2.40. The van der Waals surface area contributed by atoms with Crippen molar-refractivity contribution in [2.75, 3.05) is 26.6 Å². The maximum atomic E-state index is 13.5. The summed E-state index contributed by atoms with van der Waals surface area (Å²) in [5.74, 6) is 1.79. The molecule has 6 rings (SSSR count). The number of hydrogen-bond donors (Lipinski definition) is 1. The highest BCUT2D eigenvalue weighted by molar-refractivity contribution is 6.06. The van der Waals surface area contributed by atoms with Gasteiger partial charge in [0.15, 0.2) is 17.3 Å². The summed E-state index contributed by atoms with van der Waals surface area (Å²) < 4.78 is 27.6. The topological polar surface area (TPSA) is 109 Å². The highest BCUT2D eigenvalue weighted by Gasteiger charge is 2.36. The largest absolute Gasteiger partial charge is 0.463 e. The Morgan fingerprint density at radius 3 is 2.79 bits per heavy atom. The first kappa shape index (κ1) is 20.7. The van der Waals surface area contributed by atoms with Crippen LogP contribution in [0.3, 0.4) is 0 Å². The lowest BCUT2D eigenvalue weighted by Crippen LogP contribution is -2.44. The zero-order valence-electron chi connectivity index (χ0n) is 18.6. The first-order valence-electron chi connectivity index (χ1n) is 11.2. The molecule has 3 aromatic heterocycles. The molecule has 9 heteroatoms. The van der Waals surface area contributed by atoms with Crippen LogP contribution in [-0.2, 0) is 10.2 Å². The highest BCUT2D eigenvalue weighted by atomic mass is 16.7. The summed E-state index contributed by atoms with van der Waals surface area (Å²) in [6, 6.07) is 11.3. The van der Waals surface area contributed by atoms with Gasteiger partial charge in [-0.1, -0.05) is 11.2 Å². The van der Waals surface area contributed by atoms with Gasteiger partial charge in [0.05, 0.1) is 22.9 Å². The van der Waals surface area contributed by atoms with E-state index in [1.165, 1.54) is 0 Å². The van der Waals surface area contributed by atoms with Crippen molar-refractivity contribution in [2.24, 2.45) is 0 Å². The maximum absolute atomic E-state index is 13.5. The molecule has 4 aromatic rings. The van der Waals surface area contributed by atoms with Crippen LogP contribution in [0.1, 0.15) is 34.5 Å². The Balaban J connectivity index is 1.33. The van der Waals surface area contributed by atoms with E-state index in [2.05, 4.69) is 21.5 Å². The summed E-state index contributed by atoms with van der Waals surface area (Å²) in [5, 5.41) is 7.77. The number of carbonyl (C=O) groups is 1. The minimum Gasteiger partial charge on any atom is -0.463 e. The SMILES string of the molecule is Cc1noc2nc(-c3ccco3)cc(C(=O)NCC3(c4ccc5c(c4)OCO5)CCOCC3)c12. The number of pyridine rings is 1. The lowest BCUT2D eigenvalue weighted by atomic mass is 9.74. The number of nitrogens with one attached hydrogen (secondary N) is 1. The molecule has 0 bridgehead atoms. The van der Waals surface area contributed by atoms with Gasteiger partial charge >= 0.3 is 0 Å². The van der Waals surface area contributed by atoms with Crippen molar-refractivity contribution in [1.29, 1.82) is 0 Å². The molecule has 5 heterocycles. The fourth-order valence-electron chi connectivity index (χ4n) is 4.73. The van der Waals surface area contributed by atoms with Crippen LogP contribution >= 0.6 is 0 Å². The number of hydrogen-bond acceptors (Lipinski definition) is 8. The van der Waals surface area contributed by atoms with Gasteiger partial charge in [0, 0.05) is 25.2 Å². The van der Waals surface area contributed by atoms with Gasteiger partial charge in [-0.3, -0.25) is 4.79 Å². The minimum atomic E-state index is -0.283. The Labute approximate surface area is 195 Å². The molecular formula is C25H23N3O6. The lowest BCUT2D eigenvalue weighted by Gasteiger charge is -2.38. The molecular weight excluding hydrogens is 438 g/mol. The lowest BCUT2D eigenvalue weighted by molar-refractivity contribution is 0.0486. The van der Waals surface area contributed by atoms with Gasteiger partial charge in [0.1, 0.15) is 5.69 Å². The van der Waals surface area contributed by atoms with Gasteiger partial charge in [-0.25, -0.2) is 4.98 Å². The smallest absolute Gasteiger partial charge is 0.259 e. The molecule has 1 N–H and O–H groups in total. The predicted octanol–water partition coefficient (Wildman–Crippen LogP) is 4.00. The fourth-order valence-corrected chi connectivity index (χ4v) is 4.73. The Morgan fingerprint density at radius 1 is 1.12 bits per heavy atom. The van der Waals surface area contributed by atoms with Crippen molar-refractivity contribution in [3.05, 3.63) is 59.5 Å². The first-order chi connectivity index (χ1) is 16.6. The average molecular weight is 461 g/mol. The van der Waals surface area contributed by atoms with E-state index in [0.717, 1.165) is 29.9 Å². The predicted molar refractivity (Wildman–Crippen MR) is 121 cm³/mol. The van der Waals surface area contributed by atoms with Crippen molar-refractivity contribution in [1.82, 2.24) is 15.5 Å². The van der Waals surface area contributed by atoms with E-state index >= 15 is 0 Å². The van der Waals surface area contributed by atoms with Gasteiger partial charge < -0.3 is 28.5 Å². The van der Waals surface area contributed by atoms with E-state index in [1.807, 2.05) is 12.1 Å². The van der Waals surface area contributed by atoms with Gasteiger partial charge in [-0.2, -0.15) is 0 Å². The van der Waals surface area contributed by atoms with Gasteiger partial charge in [-0.05, 0) is 55.7 Å². The number of aromatic nitrogens is 2. The molecule has 0 aliphatic carbocycles. The number of carbonyl (C=O) groups excluding carboxylic acids is 1. The van der Waals surface area contributed by atoms with E-state index in [1.54, 1.807) is 31.4 Å². The molecule has 2 aliphatic heterocycles. The standard InChI is InChI=1S/C25H23N3O6/c1-15-22-17(12-18(19-3-2-8-31-19)27-24(22)34-28-15)23(29)26-13-25(6-9-30-10-7-25)16-4-5-20-21(11-16)33-14-32-20/h2-5,8,11-12H,6-7,9-10,13-14H2,1H3,(H,26,29). The Bertz CT molecular complexity index is 1350. The van der Waals surface area contributed by atoms with Crippen LogP contribution in [0.25, 0.3) is 22.6 Å². The van der Waals surface area contributed by atoms with Crippen LogP contribution in [-0.4, -0.2) is 42.6 Å². The summed E-state index contributed by atoms with van der Waals surface area (Å²) in [6.45, 7) is 3.71. The van der Waals surface area contributed by atoms with Gasteiger partial charge in [0.25, 0.3) is 11.6 Å². The molecule has 2 aliphatic rings. The number of ether oxygens (including phenoxy) is 3. The van der Waals surface area contributed by atoms with E-state index in [4.69, 9.17) is 23.2 Å². The van der Waals surface area contributed by atoms with Crippen molar-refractivity contribution in [3.63, 3.8) is 0 Å². The molecule has 1 amide bonds. The summed E-state index contributed by atoms with van der Waals surface area (Å²) in [5.41, 5.74) is 2.67. The minimum absolute atomic E-state index is 0.222. The molecule has 0 spiro atoms. The van der Waals surface area contributed by atoms with Crippen LogP contribution in [0.5, 0.6) is 11.5 Å². The molecule has 1 saturated heterocycles. The summed E-state index contributed by atoms with van der Waals surface area (Å²) >= 11 is 0. The summed E-state index contributed by atoms with van der Waals surface area (Å²) in [4.78, 5) is 18.0. The molecule has 1 fully saturated rings. The van der Waals surface area contributed by atoms with Crippen molar-refractivity contribution < 1.29 is 27.9 Å².